The maximum Gasteiger partial charge on any atom is 0.220 e. The van der Waals surface area contributed by atoms with Crippen molar-refractivity contribution < 1.29 is 14.6 Å². The number of nitrogens with one attached hydrogen (secondary N) is 1. The highest BCUT2D eigenvalue weighted by Crippen LogP contribution is 2.31. The molecular formula is C24H28N2O3. The molecular weight excluding hydrogens is 364 g/mol. The maximum absolute atomic E-state index is 9.58. The van der Waals surface area contributed by atoms with E-state index in [1.54, 1.807) is 7.11 Å². The van der Waals surface area contributed by atoms with Crippen LogP contribution in [0.4, 0.5) is 0 Å². The molecule has 3 rings (SSSR count). The minimum absolute atomic E-state index is 0.0402. The number of aliphatic hydroxyl groups excluding tert-OH is 1. The van der Waals surface area contributed by atoms with Crippen molar-refractivity contribution in [2.75, 3.05) is 14.2 Å². The van der Waals surface area contributed by atoms with Gasteiger partial charge in [0.25, 0.3) is 0 Å². The van der Waals surface area contributed by atoms with Gasteiger partial charge < -0.3 is 19.9 Å². The van der Waals surface area contributed by atoms with Gasteiger partial charge in [0, 0.05) is 18.2 Å². The average Bonchev–Trinajstić information content (AvgIpc) is 2.74. The molecule has 0 saturated carbocycles. The first-order valence-electron chi connectivity index (χ1n) is 9.68. The lowest BCUT2D eigenvalue weighted by molar-refractivity contribution is 0.281. The molecule has 3 aromatic rings. The highest BCUT2D eigenvalue weighted by atomic mass is 16.5. The minimum atomic E-state index is 0.0402. The zero-order valence-corrected chi connectivity index (χ0v) is 17.5. The Bertz CT molecular complexity index is 986. The molecule has 0 atom stereocenters. The van der Waals surface area contributed by atoms with Crippen LogP contribution in [0.3, 0.4) is 0 Å². The summed E-state index contributed by atoms with van der Waals surface area (Å²) < 4.78 is 11.3. The summed E-state index contributed by atoms with van der Waals surface area (Å²) in [6.45, 7) is 5.29. The Hall–Kier alpha value is -2.89. The Morgan fingerprint density at radius 2 is 1.55 bits per heavy atom. The molecule has 0 radical (unpaired) electrons. The van der Waals surface area contributed by atoms with Crippen LogP contribution in [0, 0.1) is 13.8 Å². The summed E-state index contributed by atoms with van der Waals surface area (Å²) in [5.41, 5.74) is 7.56. The highest BCUT2D eigenvalue weighted by molar-refractivity contribution is 5.72. The molecule has 0 aliphatic heterocycles. The Kier molecular flexibility index (Phi) is 6.86. The maximum atomic E-state index is 9.58. The SMILES string of the molecule is CNCc1ccc(OCc2cccc(-c3cccc(CO)c3C)c2C)nc1OC. The molecule has 2 N–H and O–H groups in total. The third-order valence-corrected chi connectivity index (χ3v) is 5.20. The molecule has 1 heterocycles. The fraction of sp³-hybridized carbons (Fsp3) is 0.292. The van der Waals surface area contributed by atoms with Gasteiger partial charge in [-0.05, 0) is 60.3 Å². The Morgan fingerprint density at radius 3 is 2.17 bits per heavy atom. The number of methoxy groups -OCH3 is 1. The lowest BCUT2D eigenvalue weighted by Crippen LogP contribution is -2.08. The van der Waals surface area contributed by atoms with E-state index < -0.39 is 0 Å². The van der Waals surface area contributed by atoms with E-state index in [1.807, 2.05) is 44.3 Å². The van der Waals surface area contributed by atoms with E-state index in [2.05, 4.69) is 35.4 Å². The molecule has 0 aliphatic carbocycles. The third kappa shape index (κ3) is 4.58. The summed E-state index contributed by atoms with van der Waals surface area (Å²) in [7, 11) is 3.50. The summed E-state index contributed by atoms with van der Waals surface area (Å²) >= 11 is 0. The number of rotatable bonds is 8. The first-order valence-corrected chi connectivity index (χ1v) is 9.68. The first kappa shape index (κ1) is 20.8. The second kappa shape index (κ2) is 9.54. The van der Waals surface area contributed by atoms with Gasteiger partial charge in [-0.15, -0.1) is 0 Å². The fourth-order valence-electron chi connectivity index (χ4n) is 3.46. The van der Waals surface area contributed by atoms with E-state index in [0.29, 0.717) is 24.9 Å². The van der Waals surface area contributed by atoms with Crippen LogP contribution < -0.4 is 14.8 Å². The summed E-state index contributed by atoms with van der Waals surface area (Å²) in [5.74, 6) is 1.10. The van der Waals surface area contributed by atoms with Crippen LogP contribution in [0.25, 0.3) is 11.1 Å². The number of nitrogens with zero attached hydrogens (tertiary/aromatic N) is 1. The van der Waals surface area contributed by atoms with Crippen LogP contribution in [-0.2, 0) is 19.8 Å². The number of benzene rings is 2. The summed E-state index contributed by atoms with van der Waals surface area (Å²) in [6, 6.07) is 16.1. The van der Waals surface area contributed by atoms with Crippen LogP contribution in [0.5, 0.6) is 11.8 Å². The Morgan fingerprint density at radius 1 is 0.897 bits per heavy atom. The second-order valence-electron chi connectivity index (χ2n) is 6.97. The van der Waals surface area contributed by atoms with Crippen molar-refractivity contribution in [3.8, 4) is 22.9 Å². The molecule has 0 fully saturated rings. The van der Waals surface area contributed by atoms with Gasteiger partial charge >= 0.3 is 0 Å². The quantitative estimate of drug-likeness (QED) is 0.603. The minimum Gasteiger partial charge on any atom is -0.481 e. The van der Waals surface area contributed by atoms with Crippen LogP contribution in [0.2, 0.25) is 0 Å². The topological polar surface area (TPSA) is 63.6 Å². The average molecular weight is 392 g/mol. The number of hydrogen-bond donors (Lipinski definition) is 2. The van der Waals surface area contributed by atoms with E-state index >= 15 is 0 Å². The van der Waals surface area contributed by atoms with Gasteiger partial charge in [0.2, 0.25) is 11.8 Å². The van der Waals surface area contributed by atoms with Crippen molar-refractivity contribution in [3.63, 3.8) is 0 Å². The van der Waals surface area contributed by atoms with Crippen molar-refractivity contribution in [1.82, 2.24) is 10.3 Å². The number of aliphatic hydroxyl groups is 1. The van der Waals surface area contributed by atoms with Crippen molar-refractivity contribution in [2.45, 2.75) is 33.6 Å². The molecule has 0 aliphatic rings. The normalized spacial score (nSPS) is 10.8. The largest absolute Gasteiger partial charge is 0.481 e. The third-order valence-electron chi connectivity index (χ3n) is 5.20. The van der Waals surface area contributed by atoms with Crippen LogP contribution in [0.15, 0.2) is 48.5 Å². The molecule has 0 saturated heterocycles. The van der Waals surface area contributed by atoms with Gasteiger partial charge in [0.05, 0.1) is 13.7 Å². The molecule has 29 heavy (non-hydrogen) atoms. The van der Waals surface area contributed by atoms with Gasteiger partial charge in [0.1, 0.15) is 6.61 Å². The van der Waals surface area contributed by atoms with Crippen molar-refractivity contribution in [3.05, 3.63) is 76.3 Å². The molecule has 5 nitrogen and oxygen atoms in total. The van der Waals surface area contributed by atoms with E-state index in [0.717, 1.165) is 38.9 Å². The zero-order chi connectivity index (χ0) is 20.8. The molecule has 5 heteroatoms. The summed E-state index contributed by atoms with van der Waals surface area (Å²) in [4.78, 5) is 4.46. The number of ether oxygens (including phenoxy) is 2. The predicted octanol–water partition coefficient (Wildman–Crippen LogP) is 4.16. The van der Waals surface area contributed by atoms with E-state index in [4.69, 9.17) is 9.47 Å². The van der Waals surface area contributed by atoms with Gasteiger partial charge in [-0.25, -0.2) is 0 Å². The molecule has 1 aromatic heterocycles. The summed E-state index contributed by atoms with van der Waals surface area (Å²) in [5, 5.41) is 12.7. The monoisotopic (exact) mass is 392 g/mol. The number of hydrogen-bond acceptors (Lipinski definition) is 5. The van der Waals surface area contributed by atoms with Gasteiger partial charge in [-0.2, -0.15) is 4.98 Å². The lowest BCUT2D eigenvalue weighted by atomic mass is 9.92. The lowest BCUT2D eigenvalue weighted by Gasteiger charge is -2.16. The van der Waals surface area contributed by atoms with Gasteiger partial charge in [0.15, 0.2) is 0 Å². The zero-order valence-electron chi connectivity index (χ0n) is 17.5. The van der Waals surface area contributed by atoms with Crippen molar-refractivity contribution in [2.24, 2.45) is 0 Å². The fourth-order valence-corrected chi connectivity index (χ4v) is 3.46. The molecule has 2 aromatic carbocycles. The highest BCUT2D eigenvalue weighted by Gasteiger charge is 2.12. The molecule has 0 spiro atoms. The van der Waals surface area contributed by atoms with E-state index in [-0.39, 0.29) is 6.61 Å². The molecule has 0 unspecified atom stereocenters. The standard InChI is InChI=1S/C24H28N2O3/c1-16-19(14-27)7-5-9-21(16)22-10-6-8-20(17(22)2)15-29-23-12-11-18(13-25-3)24(26-23)28-4/h5-12,25,27H,13-15H2,1-4H3. The molecule has 152 valence electrons. The Labute approximate surface area is 172 Å². The smallest absolute Gasteiger partial charge is 0.220 e. The molecule has 0 amide bonds. The number of pyridine rings is 1. The Balaban J connectivity index is 1.84. The van der Waals surface area contributed by atoms with E-state index in [1.165, 1.54) is 0 Å². The van der Waals surface area contributed by atoms with Gasteiger partial charge in [-0.3, -0.25) is 0 Å². The van der Waals surface area contributed by atoms with Crippen molar-refractivity contribution >= 4 is 0 Å². The van der Waals surface area contributed by atoms with Crippen LogP contribution >= 0.6 is 0 Å². The summed E-state index contributed by atoms with van der Waals surface area (Å²) in [6.07, 6.45) is 0. The van der Waals surface area contributed by atoms with Crippen LogP contribution in [0.1, 0.15) is 27.8 Å². The first-order chi connectivity index (χ1) is 14.1. The predicted molar refractivity (Wildman–Crippen MR) is 115 cm³/mol. The van der Waals surface area contributed by atoms with E-state index in [9.17, 15) is 5.11 Å². The number of aromatic nitrogens is 1. The molecule has 0 bridgehead atoms. The van der Waals surface area contributed by atoms with Crippen molar-refractivity contribution in [1.29, 1.82) is 0 Å². The second-order valence-corrected chi connectivity index (χ2v) is 6.97. The van der Waals surface area contributed by atoms with Crippen LogP contribution in [-0.4, -0.2) is 24.2 Å². The van der Waals surface area contributed by atoms with Gasteiger partial charge in [-0.1, -0.05) is 36.4 Å².